The second kappa shape index (κ2) is 13.5. The maximum atomic E-state index is 13.5. The molecule has 158 valence electrons. The summed E-state index contributed by atoms with van der Waals surface area (Å²) in [6, 6.07) is 0. The van der Waals surface area contributed by atoms with Crippen LogP contribution in [0.3, 0.4) is 0 Å². The van der Waals surface area contributed by atoms with Crippen LogP contribution in [0.15, 0.2) is 6.33 Å². The first-order valence-electron chi connectivity index (χ1n) is 11.3. The number of nitrogens with zero attached hydrogens (tertiary/aromatic N) is 4. The number of anilines is 1. The maximum Gasteiger partial charge on any atom is 0.312 e. The fraction of sp³-hybridized carbons (Fsp3) is 0.773. The lowest BCUT2D eigenvalue weighted by atomic mass is 10.0. The molecule has 28 heavy (non-hydrogen) atoms. The third-order valence-electron chi connectivity index (χ3n) is 5.36. The molecule has 0 spiro atoms. The van der Waals surface area contributed by atoms with E-state index in [9.17, 15) is 4.39 Å². The van der Waals surface area contributed by atoms with E-state index in [0.717, 1.165) is 13.0 Å². The molecule has 5 nitrogen and oxygen atoms in total. The van der Waals surface area contributed by atoms with Crippen molar-refractivity contribution in [3.63, 3.8) is 0 Å². The molecule has 0 aliphatic rings. The lowest BCUT2D eigenvalue weighted by Crippen LogP contribution is -2.06. The summed E-state index contributed by atoms with van der Waals surface area (Å²) in [5.41, 5.74) is 1.16. The standard InChI is InChI=1S/C22H38FN5/c1-3-4-5-6-7-8-9-10-11-12-13-14-15-16-17-24-20-19-21(27-22(23)26-20)28(2)18-25-19/h18H,3-17H2,1-2H3,(H,24,26,27). The summed E-state index contributed by atoms with van der Waals surface area (Å²) < 4.78 is 15.3. The number of nitrogens with one attached hydrogen (secondary N) is 1. The molecule has 0 aliphatic heterocycles. The highest BCUT2D eigenvalue weighted by Crippen LogP contribution is 2.18. The van der Waals surface area contributed by atoms with Crippen molar-refractivity contribution in [2.75, 3.05) is 11.9 Å². The fourth-order valence-electron chi connectivity index (χ4n) is 3.63. The molecule has 0 aliphatic carbocycles. The van der Waals surface area contributed by atoms with Crippen LogP contribution in [0.2, 0.25) is 0 Å². The molecule has 1 N–H and O–H groups in total. The van der Waals surface area contributed by atoms with E-state index in [2.05, 4.69) is 27.2 Å². The Hall–Kier alpha value is -1.72. The van der Waals surface area contributed by atoms with Gasteiger partial charge in [-0.25, -0.2) is 4.98 Å². The number of aryl methyl sites for hydroxylation is 1. The van der Waals surface area contributed by atoms with Crippen LogP contribution in [0.5, 0.6) is 0 Å². The van der Waals surface area contributed by atoms with Crippen LogP contribution in [-0.4, -0.2) is 26.1 Å². The average Bonchev–Trinajstić information content (AvgIpc) is 3.05. The van der Waals surface area contributed by atoms with Gasteiger partial charge in [-0.1, -0.05) is 90.4 Å². The highest BCUT2D eigenvalue weighted by Gasteiger charge is 2.11. The van der Waals surface area contributed by atoms with Gasteiger partial charge in [-0.15, -0.1) is 0 Å². The molecule has 6 heteroatoms. The summed E-state index contributed by atoms with van der Waals surface area (Å²) in [5, 5.41) is 3.22. The zero-order valence-electron chi connectivity index (χ0n) is 17.9. The first-order valence-corrected chi connectivity index (χ1v) is 11.3. The van der Waals surface area contributed by atoms with Gasteiger partial charge >= 0.3 is 6.08 Å². The monoisotopic (exact) mass is 391 g/mol. The van der Waals surface area contributed by atoms with Gasteiger partial charge in [-0.3, -0.25) is 0 Å². The SMILES string of the molecule is CCCCCCCCCCCCCCCCNc1nc(F)nc2c1ncn2C. The van der Waals surface area contributed by atoms with Crippen LogP contribution in [0, 0.1) is 6.08 Å². The molecular weight excluding hydrogens is 353 g/mol. The fourth-order valence-corrected chi connectivity index (χ4v) is 3.63. The van der Waals surface area contributed by atoms with Crippen molar-refractivity contribution < 1.29 is 4.39 Å². The Bertz CT molecular complexity index is 670. The van der Waals surface area contributed by atoms with Gasteiger partial charge in [-0.05, 0) is 6.42 Å². The van der Waals surface area contributed by atoms with Crippen LogP contribution in [0.25, 0.3) is 11.2 Å². The second-order valence-electron chi connectivity index (χ2n) is 7.89. The van der Waals surface area contributed by atoms with E-state index in [-0.39, 0.29) is 0 Å². The Balaban J connectivity index is 1.44. The number of fused-ring (bicyclic) bond motifs is 1. The molecule has 2 rings (SSSR count). The quantitative estimate of drug-likeness (QED) is 0.266. The van der Waals surface area contributed by atoms with Crippen molar-refractivity contribution in [1.29, 1.82) is 0 Å². The van der Waals surface area contributed by atoms with Gasteiger partial charge in [0.2, 0.25) is 0 Å². The number of hydrogen-bond donors (Lipinski definition) is 1. The molecule has 0 saturated carbocycles. The molecule has 0 fully saturated rings. The van der Waals surface area contributed by atoms with E-state index in [4.69, 9.17) is 0 Å². The van der Waals surface area contributed by atoms with Crippen LogP contribution < -0.4 is 5.32 Å². The van der Waals surface area contributed by atoms with Gasteiger partial charge in [0.05, 0.1) is 6.33 Å². The van der Waals surface area contributed by atoms with Gasteiger partial charge in [0.1, 0.15) is 0 Å². The van der Waals surface area contributed by atoms with Crippen molar-refractivity contribution in [2.45, 2.75) is 96.8 Å². The number of unbranched alkanes of at least 4 members (excludes halogenated alkanes) is 13. The summed E-state index contributed by atoms with van der Waals surface area (Å²) in [4.78, 5) is 11.9. The van der Waals surface area contributed by atoms with Gasteiger partial charge in [-0.2, -0.15) is 14.4 Å². The highest BCUT2D eigenvalue weighted by molar-refractivity contribution is 5.82. The van der Waals surface area contributed by atoms with Crippen LogP contribution in [0.4, 0.5) is 10.2 Å². The molecule has 2 aromatic heterocycles. The van der Waals surface area contributed by atoms with Crippen LogP contribution >= 0.6 is 0 Å². The second-order valence-corrected chi connectivity index (χ2v) is 7.89. The van der Waals surface area contributed by atoms with E-state index >= 15 is 0 Å². The Morgan fingerprint density at radius 3 is 1.93 bits per heavy atom. The molecule has 0 bridgehead atoms. The van der Waals surface area contributed by atoms with E-state index in [1.54, 1.807) is 17.9 Å². The molecule has 2 aromatic rings. The Labute approximate surface area is 169 Å². The first kappa shape index (κ1) is 22.6. The van der Waals surface area contributed by atoms with Crippen molar-refractivity contribution >= 4 is 17.0 Å². The first-order chi connectivity index (χ1) is 13.7. The van der Waals surface area contributed by atoms with Crippen LogP contribution in [-0.2, 0) is 7.05 Å². The molecular formula is C22H38FN5. The number of imidazole rings is 1. The Morgan fingerprint density at radius 2 is 1.36 bits per heavy atom. The summed E-state index contributed by atoms with van der Waals surface area (Å²) in [7, 11) is 1.80. The molecule has 0 aromatic carbocycles. The van der Waals surface area contributed by atoms with Gasteiger partial charge in [0, 0.05) is 13.6 Å². The normalized spacial score (nSPS) is 11.4. The summed E-state index contributed by atoms with van der Waals surface area (Å²) in [6.45, 7) is 3.06. The smallest absolute Gasteiger partial charge is 0.312 e. The van der Waals surface area contributed by atoms with E-state index in [0.29, 0.717) is 17.0 Å². The van der Waals surface area contributed by atoms with Gasteiger partial charge in [0.15, 0.2) is 17.0 Å². The minimum absolute atomic E-state index is 0.498. The van der Waals surface area contributed by atoms with Crippen LogP contribution in [0.1, 0.15) is 96.8 Å². The van der Waals surface area contributed by atoms with Gasteiger partial charge in [0.25, 0.3) is 0 Å². The summed E-state index contributed by atoms with van der Waals surface area (Å²) in [6.07, 6.45) is 19.8. The topological polar surface area (TPSA) is 55.6 Å². The zero-order valence-corrected chi connectivity index (χ0v) is 17.9. The number of halogens is 1. The maximum absolute atomic E-state index is 13.5. The van der Waals surface area contributed by atoms with E-state index < -0.39 is 6.08 Å². The summed E-state index contributed by atoms with van der Waals surface area (Å²) >= 11 is 0. The van der Waals surface area contributed by atoms with E-state index in [1.807, 2.05) is 0 Å². The molecule has 0 radical (unpaired) electrons. The van der Waals surface area contributed by atoms with Crippen molar-refractivity contribution in [3.05, 3.63) is 12.4 Å². The number of hydrogen-bond acceptors (Lipinski definition) is 4. The molecule has 0 atom stereocenters. The Morgan fingerprint density at radius 1 is 0.821 bits per heavy atom. The zero-order chi connectivity index (χ0) is 20.0. The predicted molar refractivity (Wildman–Crippen MR) is 115 cm³/mol. The number of rotatable bonds is 16. The van der Waals surface area contributed by atoms with Crippen molar-refractivity contribution in [2.24, 2.45) is 7.05 Å². The van der Waals surface area contributed by atoms with Gasteiger partial charge < -0.3 is 9.88 Å². The molecule has 0 unspecified atom stereocenters. The molecule has 0 amide bonds. The minimum atomic E-state index is -0.709. The average molecular weight is 392 g/mol. The van der Waals surface area contributed by atoms with Crippen molar-refractivity contribution in [3.8, 4) is 0 Å². The van der Waals surface area contributed by atoms with E-state index in [1.165, 1.54) is 83.5 Å². The lowest BCUT2D eigenvalue weighted by Gasteiger charge is -2.06. The molecule has 0 saturated heterocycles. The minimum Gasteiger partial charge on any atom is -0.368 e. The van der Waals surface area contributed by atoms with Crippen molar-refractivity contribution in [1.82, 2.24) is 19.5 Å². The Kier molecular flexibility index (Phi) is 10.8. The summed E-state index contributed by atoms with van der Waals surface area (Å²) in [5.74, 6) is 0.498. The third kappa shape index (κ3) is 8.11. The highest BCUT2D eigenvalue weighted by atomic mass is 19.1. The largest absolute Gasteiger partial charge is 0.368 e. The predicted octanol–water partition coefficient (Wildman–Crippen LogP) is 6.40. The lowest BCUT2D eigenvalue weighted by molar-refractivity contribution is 0.536. The number of aromatic nitrogens is 4. The third-order valence-corrected chi connectivity index (χ3v) is 5.36. The molecule has 2 heterocycles.